The molecule has 0 bridgehead atoms. The third-order valence-electron chi connectivity index (χ3n) is 4.33. The molecule has 1 fully saturated rings. The van der Waals surface area contributed by atoms with Gasteiger partial charge in [-0.2, -0.15) is 13.2 Å². The van der Waals surface area contributed by atoms with Crippen LogP contribution in [0.3, 0.4) is 0 Å². The number of aliphatic carboxylic acids is 1. The maximum atomic E-state index is 13.1. The summed E-state index contributed by atoms with van der Waals surface area (Å²) < 4.78 is 50.1. The first-order valence-corrected chi connectivity index (χ1v) is 7.10. The van der Waals surface area contributed by atoms with Crippen molar-refractivity contribution in [2.75, 3.05) is 13.2 Å². The number of alkyl halides is 3. The number of fused-ring (bicyclic) bond motifs is 1. The van der Waals surface area contributed by atoms with Crippen molar-refractivity contribution < 1.29 is 32.5 Å². The summed E-state index contributed by atoms with van der Waals surface area (Å²) in [5, 5.41) is 9.52. The molecule has 0 amide bonds. The number of ether oxygens (including phenoxy) is 2. The zero-order chi connectivity index (χ0) is 16.0. The minimum atomic E-state index is -4.58. The topological polar surface area (TPSA) is 55.8 Å². The predicted octanol–water partition coefficient (Wildman–Crippen LogP) is 3.37. The van der Waals surface area contributed by atoms with Crippen molar-refractivity contribution in [2.24, 2.45) is 0 Å². The van der Waals surface area contributed by atoms with E-state index in [-0.39, 0.29) is 30.3 Å². The van der Waals surface area contributed by atoms with Crippen LogP contribution in [-0.2, 0) is 16.4 Å². The lowest BCUT2D eigenvalue weighted by Crippen LogP contribution is -2.42. The summed E-state index contributed by atoms with van der Waals surface area (Å²) in [6, 6.07) is 2.12. The van der Waals surface area contributed by atoms with Gasteiger partial charge in [0.1, 0.15) is 5.56 Å². The van der Waals surface area contributed by atoms with Gasteiger partial charge in [-0.05, 0) is 18.9 Å². The molecule has 2 aliphatic rings. The fourth-order valence-corrected chi connectivity index (χ4v) is 2.99. The highest BCUT2D eigenvalue weighted by molar-refractivity contribution is 5.84. The quantitative estimate of drug-likeness (QED) is 0.909. The zero-order valence-electron chi connectivity index (χ0n) is 11.7. The smallest absolute Gasteiger partial charge is 0.420 e. The van der Waals surface area contributed by atoms with Crippen molar-refractivity contribution in [1.82, 2.24) is 0 Å². The minimum absolute atomic E-state index is 0.0607. The molecule has 0 spiro atoms. The lowest BCUT2D eigenvalue weighted by atomic mass is 9.64. The van der Waals surface area contributed by atoms with Gasteiger partial charge in [-0.15, -0.1) is 0 Å². The average molecular weight is 316 g/mol. The molecule has 1 saturated carbocycles. The minimum Gasteiger partial charge on any atom is -0.489 e. The molecule has 120 valence electrons. The van der Waals surface area contributed by atoms with E-state index in [2.05, 4.69) is 0 Å². The van der Waals surface area contributed by atoms with Gasteiger partial charge in [0.2, 0.25) is 0 Å². The van der Waals surface area contributed by atoms with Crippen LogP contribution in [0.25, 0.3) is 0 Å². The van der Waals surface area contributed by atoms with Crippen LogP contribution in [-0.4, -0.2) is 24.3 Å². The van der Waals surface area contributed by atoms with Crippen molar-refractivity contribution in [1.29, 1.82) is 0 Å². The molecule has 1 aliphatic carbocycles. The highest BCUT2D eigenvalue weighted by atomic mass is 19.4. The van der Waals surface area contributed by atoms with E-state index < -0.39 is 23.1 Å². The molecule has 22 heavy (non-hydrogen) atoms. The van der Waals surface area contributed by atoms with Crippen LogP contribution in [0.1, 0.15) is 36.8 Å². The Hall–Kier alpha value is -1.92. The number of rotatable bonds is 2. The fourth-order valence-electron chi connectivity index (χ4n) is 2.99. The van der Waals surface area contributed by atoms with E-state index in [1.165, 1.54) is 6.07 Å². The van der Waals surface area contributed by atoms with Crippen molar-refractivity contribution in [3.63, 3.8) is 0 Å². The molecule has 0 saturated heterocycles. The summed E-state index contributed by atoms with van der Waals surface area (Å²) in [6.07, 6.45) is -2.62. The molecule has 1 aliphatic heterocycles. The second-order valence-electron chi connectivity index (χ2n) is 5.61. The first-order chi connectivity index (χ1) is 10.4. The Kier molecular flexibility index (Phi) is 3.45. The zero-order valence-corrected chi connectivity index (χ0v) is 11.7. The summed E-state index contributed by atoms with van der Waals surface area (Å²) in [6.45, 7) is 0.316. The van der Waals surface area contributed by atoms with Crippen LogP contribution in [0.2, 0.25) is 0 Å². The largest absolute Gasteiger partial charge is 0.489 e. The number of hydrogen-bond donors (Lipinski definition) is 1. The molecule has 0 atom stereocenters. The predicted molar refractivity (Wildman–Crippen MR) is 70.2 cm³/mol. The lowest BCUT2D eigenvalue weighted by molar-refractivity contribution is -0.147. The second kappa shape index (κ2) is 5.07. The van der Waals surface area contributed by atoms with Crippen LogP contribution in [0, 0.1) is 0 Å². The van der Waals surface area contributed by atoms with E-state index >= 15 is 0 Å². The van der Waals surface area contributed by atoms with Crippen LogP contribution >= 0.6 is 0 Å². The highest BCUT2D eigenvalue weighted by Crippen LogP contribution is 2.53. The third kappa shape index (κ3) is 2.19. The van der Waals surface area contributed by atoms with Gasteiger partial charge in [0, 0.05) is 12.0 Å². The average Bonchev–Trinajstić information content (AvgIpc) is 2.61. The van der Waals surface area contributed by atoms with Crippen LogP contribution in [0.5, 0.6) is 11.5 Å². The summed E-state index contributed by atoms with van der Waals surface area (Å²) in [4.78, 5) is 11.6. The SMILES string of the molecule is O=C(O)C1(c2ccc(C(F)(F)F)c3c2OCCCO3)CCC1. The summed E-state index contributed by atoms with van der Waals surface area (Å²) >= 11 is 0. The second-order valence-corrected chi connectivity index (χ2v) is 5.61. The molecular weight excluding hydrogens is 301 g/mol. The van der Waals surface area contributed by atoms with Gasteiger partial charge < -0.3 is 14.6 Å². The lowest BCUT2D eigenvalue weighted by Gasteiger charge is -2.39. The Morgan fingerprint density at radius 2 is 1.73 bits per heavy atom. The van der Waals surface area contributed by atoms with E-state index in [4.69, 9.17) is 9.47 Å². The number of hydrogen-bond acceptors (Lipinski definition) is 3. The number of carbonyl (C=O) groups is 1. The van der Waals surface area contributed by atoms with Gasteiger partial charge in [0.05, 0.1) is 18.6 Å². The first kappa shape index (κ1) is 15.0. The van der Waals surface area contributed by atoms with Gasteiger partial charge in [0.25, 0.3) is 0 Å². The van der Waals surface area contributed by atoms with Gasteiger partial charge in [-0.1, -0.05) is 12.5 Å². The van der Waals surface area contributed by atoms with E-state index in [1.54, 1.807) is 0 Å². The van der Waals surface area contributed by atoms with Crippen molar-refractivity contribution >= 4 is 5.97 Å². The third-order valence-corrected chi connectivity index (χ3v) is 4.33. The van der Waals surface area contributed by atoms with Crippen molar-refractivity contribution in [3.05, 3.63) is 23.3 Å². The standard InChI is InChI=1S/C15H15F3O4/c16-15(17,18)10-4-3-9(14(13(19)20)5-1-6-14)11-12(10)22-8-2-7-21-11/h3-4H,1-2,5-8H2,(H,19,20). The molecule has 4 nitrogen and oxygen atoms in total. The fraction of sp³-hybridized carbons (Fsp3) is 0.533. The maximum Gasteiger partial charge on any atom is 0.420 e. The molecule has 3 rings (SSSR count). The highest BCUT2D eigenvalue weighted by Gasteiger charge is 2.49. The Morgan fingerprint density at radius 3 is 2.23 bits per heavy atom. The normalized spacial score (nSPS) is 20.0. The molecule has 0 unspecified atom stereocenters. The van der Waals surface area contributed by atoms with Crippen LogP contribution < -0.4 is 9.47 Å². The molecule has 0 aromatic heterocycles. The number of halogens is 3. The summed E-state index contributed by atoms with van der Waals surface area (Å²) in [5.74, 6) is -1.47. The van der Waals surface area contributed by atoms with Crippen LogP contribution in [0.4, 0.5) is 13.2 Å². The van der Waals surface area contributed by atoms with Gasteiger partial charge in [-0.3, -0.25) is 4.79 Å². The first-order valence-electron chi connectivity index (χ1n) is 7.10. The molecule has 1 aromatic rings. The Balaban J connectivity index is 2.19. The van der Waals surface area contributed by atoms with E-state index in [0.29, 0.717) is 19.3 Å². The monoisotopic (exact) mass is 316 g/mol. The molecule has 1 N–H and O–H groups in total. The van der Waals surface area contributed by atoms with Crippen molar-refractivity contribution in [3.8, 4) is 11.5 Å². The Bertz CT molecular complexity index is 606. The van der Waals surface area contributed by atoms with Gasteiger partial charge >= 0.3 is 12.1 Å². The van der Waals surface area contributed by atoms with E-state index in [0.717, 1.165) is 12.5 Å². The molecule has 7 heteroatoms. The number of carboxylic acid groups (broad SMARTS) is 1. The van der Waals surface area contributed by atoms with E-state index in [9.17, 15) is 23.1 Å². The van der Waals surface area contributed by atoms with E-state index in [1.807, 2.05) is 0 Å². The number of benzene rings is 1. The molecule has 1 heterocycles. The molecular formula is C15H15F3O4. The Morgan fingerprint density at radius 1 is 1.09 bits per heavy atom. The summed E-state index contributed by atoms with van der Waals surface area (Å²) in [7, 11) is 0. The molecule has 1 aromatic carbocycles. The maximum absolute atomic E-state index is 13.1. The van der Waals surface area contributed by atoms with Crippen molar-refractivity contribution in [2.45, 2.75) is 37.3 Å². The van der Waals surface area contributed by atoms with Crippen LogP contribution in [0.15, 0.2) is 12.1 Å². The summed E-state index contributed by atoms with van der Waals surface area (Å²) in [5.41, 5.74) is -1.80. The Labute approximate surface area is 124 Å². The molecule has 0 radical (unpaired) electrons. The van der Waals surface area contributed by atoms with Gasteiger partial charge in [0.15, 0.2) is 11.5 Å². The number of carboxylic acids is 1. The van der Waals surface area contributed by atoms with Gasteiger partial charge in [-0.25, -0.2) is 0 Å².